The van der Waals surface area contributed by atoms with Crippen LogP contribution in [0.5, 0.6) is 0 Å². The number of fused-ring (bicyclic) bond motifs is 2. The van der Waals surface area contributed by atoms with Gasteiger partial charge in [-0.3, -0.25) is 0 Å². The van der Waals surface area contributed by atoms with Gasteiger partial charge in [-0.2, -0.15) is 17.6 Å². The van der Waals surface area contributed by atoms with Crippen molar-refractivity contribution in [1.29, 1.82) is 0 Å². The third-order valence-corrected chi connectivity index (χ3v) is 7.38. The van der Waals surface area contributed by atoms with Crippen molar-refractivity contribution in [3.8, 4) is 0 Å². The summed E-state index contributed by atoms with van der Waals surface area (Å²) in [6.07, 6.45) is 0.502. The normalized spacial score (nSPS) is 19.9. The quantitative estimate of drug-likeness (QED) is 0.247. The standard InChI is InChI=1S/C27H20ClF6N3.C3H8/c1-14-3-5-19-21(11-15(29)12-22(19)37(14)16-4-8-23(30)35-13-16)36-25-18-6-7-20(28)24(31)17(18)9-10-26(25,2)27(32,33)34;1-3-2/h3-8,11-13,25,36H,1,9-10H2,2H3;3H2,1-2H3. The van der Waals surface area contributed by atoms with Gasteiger partial charge in [0.25, 0.3) is 0 Å². The molecule has 0 bridgehead atoms. The second-order valence-electron chi connectivity index (χ2n) is 10.0. The first kappa shape index (κ1) is 29.5. The molecule has 0 spiro atoms. The van der Waals surface area contributed by atoms with E-state index >= 15 is 0 Å². The average molecular weight is 580 g/mol. The van der Waals surface area contributed by atoms with Gasteiger partial charge in [-0.1, -0.05) is 44.5 Å². The molecular formula is C30H28ClF6N3. The minimum Gasteiger partial charge on any atom is -0.377 e. The van der Waals surface area contributed by atoms with Gasteiger partial charge in [-0.25, -0.2) is 13.8 Å². The molecule has 1 aliphatic carbocycles. The maximum absolute atomic E-state index is 14.9. The van der Waals surface area contributed by atoms with Crippen LogP contribution in [-0.2, 0) is 6.42 Å². The van der Waals surface area contributed by atoms with E-state index in [2.05, 4.69) is 30.7 Å². The molecule has 0 saturated heterocycles. The van der Waals surface area contributed by atoms with Gasteiger partial charge in [0.1, 0.15) is 11.6 Å². The Bertz CT molecular complexity index is 1450. The maximum atomic E-state index is 14.9. The van der Waals surface area contributed by atoms with E-state index in [0.29, 0.717) is 16.9 Å². The molecule has 1 aliphatic heterocycles. The zero-order chi connectivity index (χ0) is 29.4. The predicted octanol–water partition coefficient (Wildman–Crippen LogP) is 9.92. The fourth-order valence-electron chi connectivity index (χ4n) is 5.00. The van der Waals surface area contributed by atoms with Gasteiger partial charge in [-0.05, 0) is 73.4 Å². The summed E-state index contributed by atoms with van der Waals surface area (Å²) in [6.45, 7) is 9.26. The minimum atomic E-state index is -4.65. The lowest BCUT2D eigenvalue weighted by Crippen LogP contribution is -2.46. The van der Waals surface area contributed by atoms with Crippen LogP contribution in [0.1, 0.15) is 56.3 Å². The number of halogens is 7. The Kier molecular flexibility index (Phi) is 8.26. The number of benzene rings is 2. The molecule has 2 aromatic carbocycles. The summed E-state index contributed by atoms with van der Waals surface area (Å²) in [5.74, 6) is -2.20. The molecule has 0 amide bonds. The van der Waals surface area contributed by atoms with E-state index < -0.39 is 41.6 Å². The van der Waals surface area contributed by atoms with Crippen molar-refractivity contribution in [2.75, 3.05) is 10.2 Å². The summed E-state index contributed by atoms with van der Waals surface area (Å²) in [7, 11) is 0. The second kappa shape index (κ2) is 11.2. The SMILES string of the molecule is C=C1C=Cc2c(NC3c4ccc(Cl)c(F)c4CCC3(C)C(F)(F)F)cc(F)cc2N1c1ccc(F)nc1.CCC. The molecule has 0 fully saturated rings. The largest absolute Gasteiger partial charge is 0.396 e. The molecule has 3 aromatic rings. The molecule has 5 rings (SSSR count). The van der Waals surface area contributed by atoms with Crippen LogP contribution in [0.15, 0.2) is 60.9 Å². The lowest BCUT2D eigenvalue weighted by molar-refractivity contribution is -0.228. The zero-order valence-electron chi connectivity index (χ0n) is 22.1. The summed E-state index contributed by atoms with van der Waals surface area (Å²) < 4.78 is 86.5. The number of allylic oxidation sites excluding steroid dienone is 1. The lowest BCUT2D eigenvalue weighted by Gasteiger charge is -2.45. The third kappa shape index (κ3) is 5.31. The van der Waals surface area contributed by atoms with Crippen molar-refractivity contribution in [2.24, 2.45) is 5.41 Å². The Morgan fingerprint density at radius 1 is 1.10 bits per heavy atom. The van der Waals surface area contributed by atoms with Gasteiger partial charge >= 0.3 is 6.18 Å². The Balaban J connectivity index is 0.00000118. The second-order valence-corrected chi connectivity index (χ2v) is 10.4. The summed E-state index contributed by atoms with van der Waals surface area (Å²) >= 11 is 5.91. The summed E-state index contributed by atoms with van der Waals surface area (Å²) in [5.41, 5.74) is -0.565. The molecular weight excluding hydrogens is 552 g/mol. The van der Waals surface area contributed by atoms with Crippen molar-refractivity contribution in [3.05, 3.63) is 100 Å². The number of hydrogen-bond acceptors (Lipinski definition) is 3. The van der Waals surface area contributed by atoms with Crippen LogP contribution >= 0.6 is 11.6 Å². The van der Waals surface area contributed by atoms with Crippen molar-refractivity contribution in [2.45, 2.75) is 52.3 Å². The number of nitrogens with one attached hydrogen (secondary N) is 1. The number of pyridine rings is 1. The third-order valence-electron chi connectivity index (χ3n) is 7.09. The molecule has 10 heteroatoms. The minimum absolute atomic E-state index is 0.0718. The van der Waals surface area contributed by atoms with Gasteiger partial charge < -0.3 is 10.2 Å². The summed E-state index contributed by atoms with van der Waals surface area (Å²) in [4.78, 5) is 5.15. The summed E-state index contributed by atoms with van der Waals surface area (Å²) in [5, 5.41) is 2.71. The Hall–Kier alpha value is -3.46. The molecule has 1 N–H and O–H groups in total. The molecule has 0 radical (unpaired) electrons. The van der Waals surface area contributed by atoms with Gasteiger partial charge in [0.05, 0.1) is 34.1 Å². The number of alkyl halides is 3. The summed E-state index contributed by atoms with van der Waals surface area (Å²) in [6, 6.07) is 6.02. The van der Waals surface area contributed by atoms with E-state index in [9.17, 15) is 26.3 Å². The Morgan fingerprint density at radius 3 is 2.42 bits per heavy atom. The van der Waals surface area contributed by atoms with E-state index in [4.69, 9.17) is 11.6 Å². The highest BCUT2D eigenvalue weighted by atomic mass is 35.5. The fraction of sp³-hybridized carbons (Fsp3) is 0.300. The number of nitrogens with zero attached hydrogens (tertiary/aromatic N) is 2. The highest BCUT2D eigenvalue weighted by Crippen LogP contribution is 2.56. The first-order valence-corrected chi connectivity index (χ1v) is 13.1. The van der Waals surface area contributed by atoms with Gasteiger partial charge in [-0.15, -0.1) is 0 Å². The fourth-order valence-corrected chi connectivity index (χ4v) is 5.18. The molecule has 40 heavy (non-hydrogen) atoms. The van der Waals surface area contributed by atoms with E-state index in [1.54, 1.807) is 12.2 Å². The van der Waals surface area contributed by atoms with Crippen LogP contribution in [-0.4, -0.2) is 11.2 Å². The molecule has 2 atom stereocenters. The number of anilines is 3. The molecule has 2 aliphatic rings. The van der Waals surface area contributed by atoms with Crippen molar-refractivity contribution in [1.82, 2.24) is 4.98 Å². The first-order valence-electron chi connectivity index (χ1n) is 12.7. The van der Waals surface area contributed by atoms with Crippen LogP contribution in [0.2, 0.25) is 5.02 Å². The van der Waals surface area contributed by atoms with Crippen LogP contribution in [0.3, 0.4) is 0 Å². The van der Waals surface area contributed by atoms with Crippen LogP contribution < -0.4 is 10.2 Å². The molecule has 3 nitrogen and oxygen atoms in total. The van der Waals surface area contributed by atoms with E-state index in [1.165, 1.54) is 41.8 Å². The Morgan fingerprint density at radius 2 is 1.80 bits per heavy atom. The smallest absolute Gasteiger partial charge is 0.377 e. The van der Waals surface area contributed by atoms with Crippen molar-refractivity contribution < 1.29 is 26.3 Å². The monoisotopic (exact) mass is 579 g/mol. The number of rotatable bonds is 3. The van der Waals surface area contributed by atoms with Crippen LogP contribution in [0, 0.1) is 23.0 Å². The molecule has 2 unspecified atom stereocenters. The van der Waals surface area contributed by atoms with E-state index in [1.807, 2.05) is 0 Å². The maximum Gasteiger partial charge on any atom is 0.396 e. The van der Waals surface area contributed by atoms with Crippen LogP contribution in [0.25, 0.3) is 6.08 Å². The van der Waals surface area contributed by atoms with Gasteiger partial charge in [0, 0.05) is 16.9 Å². The molecule has 2 heterocycles. The Labute approximate surface area is 234 Å². The van der Waals surface area contributed by atoms with Crippen molar-refractivity contribution in [3.63, 3.8) is 0 Å². The zero-order valence-corrected chi connectivity index (χ0v) is 22.9. The number of aromatic nitrogens is 1. The van der Waals surface area contributed by atoms with Crippen molar-refractivity contribution >= 4 is 34.7 Å². The van der Waals surface area contributed by atoms with Crippen LogP contribution in [0.4, 0.5) is 43.4 Å². The highest BCUT2D eigenvalue weighted by Gasteiger charge is 2.58. The topological polar surface area (TPSA) is 28.2 Å². The average Bonchev–Trinajstić information content (AvgIpc) is 2.88. The molecule has 0 saturated carbocycles. The van der Waals surface area contributed by atoms with Gasteiger partial charge in [0.15, 0.2) is 0 Å². The number of hydrogen-bond donors (Lipinski definition) is 1. The lowest BCUT2D eigenvalue weighted by atomic mass is 9.68. The molecule has 212 valence electrons. The molecule has 1 aromatic heterocycles. The van der Waals surface area contributed by atoms with E-state index in [0.717, 1.165) is 19.1 Å². The predicted molar refractivity (Wildman–Crippen MR) is 147 cm³/mol. The highest BCUT2D eigenvalue weighted by molar-refractivity contribution is 6.30. The first-order chi connectivity index (χ1) is 18.8. The van der Waals surface area contributed by atoms with E-state index in [-0.39, 0.29) is 33.9 Å². The van der Waals surface area contributed by atoms with Gasteiger partial charge in [0.2, 0.25) is 5.95 Å².